The number of ether oxygens (including phenoxy) is 2. The highest BCUT2D eigenvalue weighted by Gasteiger charge is 2.18. The first-order chi connectivity index (χ1) is 14.0. The predicted molar refractivity (Wildman–Crippen MR) is 111 cm³/mol. The summed E-state index contributed by atoms with van der Waals surface area (Å²) < 4.78 is 10.6. The molecule has 0 saturated heterocycles. The zero-order valence-corrected chi connectivity index (χ0v) is 16.6. The predicted octanol–water partition coefficient (Wildman–Crippen LogP) is 2.02. The molecule has 0 aromatic heterocycles. The van der Waals surface area contributed by atoms with Crippen LogP contribution in [-0.2, 0) is 22.6 Å². The Morgan fingerprint density at radius 3 is 2.59 bits per heavy atom. The fourth-order valence-electron chi connectivity index (χ4n) is 3.39. The van der Waals surface area contributed by atoms with Crippen LogP contribution < -0.4 is 25.4 Å². The van der Waals surface area contributed by atoms with E-state index in [0.29, 0.717) is 18.8 Å². The number of anilines is 1. The van der Waals surface area contributed by atoms with Crippen LogP contribution in [0.25, 0.3) is 0 Å². The molecule has 154 valence electrons. The Balaban J connectivity index is 1.55. The standard InChI is InChI=1S/C22H27N3O4/c1-28-19-9-10-20-17(12-19)4-2-3-11-25(20)14-22(27)24-13-16-5-7-18(8-6-16)29-15-21(23)26/h5-10,12H,2-4,11,13-15H2,1H3,(H2,23,26)(H,24,27). The lowest BCUT2D eigenvalue weighted by Gasteiger charge is -2.24. The van der Waals surface area contributed by atoms with Gasteiger partial charge in [0.1, 0.15) is 11.5 Å². The van der Waals surface area contributed by atoms with E-state index in [-0.39, 0.29) is 12.5 Å². The van der Waals surface area contributed by atoms with Gasteiger partial charge in [0.2, 0.25) is 5.91 Å². The van der Waals surface area contributed by atoms with E-state index in [2.05, 4.69) is 16.3 Å². The van der Waals surface area contributed by atoms with Gasteiger partial charge < -0.3 is 25.4 Å². The van der Waals surface area contributed by atoms with Gasteiger partial charge in [0.15, 0.2) is 6.61 Å². The number of benzene rings is 2. The second kappa shape index (κ2) is 9.82. The van der Waals surface area contributed by atoms with Crippen LogP contribution in [0.15, 0.2) is 42.5 Å². The Bertz CT molecular complexity index is 852. The Labute approximate surface area is 170 Å². The van der Waals surface area contributed by atoms with Crippen molar-refractivity contribution in [1.29, 1.82) is 0 Å². The van der Waals surface area contributed by atoms with E-state index >= 15 is 0 Å². The minimum Gasteiger partial charge on any atom is -0.497 e. The maximum atomic E-state index is 12.5. The summed E-state index contributed by atoms with van der Waals surface area (Å²) >= 11 is 0. The molecule has 3 rings (SSSR count). The van der Waals surface area contributed by atoms with Crippen molar-refractivity contribution in [2.45, 2.75) is 25.8 Å². The van der Waals surface area contributed by atoms with Gasteiger partial charge in [0.05, 0.1) is 13.7 Å². The largest absolute Gasteiger partial charge is 0.497 e. The van der Waals surface area contributed by atoms with Gasteiger partial charge in [0.25, 0.3) is 5.91 Å². The summed E-state index contributed by atoms with van der Waals surface area (Å²) in [6, 6.07) is 13.3. The highest BCUT2D eigenvalue weighted by Crippen LogP contribution is 2.29. The van der Waals surface area contributed by atoms with Gasteiger partial charge in [-0.2, -0.15) is 0 Å². The minimum atomic E-state index is -0.519. The molecule has 7 nitrogen and oxygen atoms in total. The molecule has 0 atom stereocenters. The van der Waals surface area contributed by atoms with Crippen LogP contribution in [0, 0.1) is 0 Å². The number of amides is 2. The molecule has 1 aliphatic rings. The average molecular weight is 397 g/mol. The number of hydrogen-bond acceptors (Lipinski definition) is 5. The van der Waals surface area contributed by atoms with Crippen molar-refractivity contribution in [3.8, 4) is 11.5 Å². The Morgan fingerprint density at radius 1 is 1.10 bits per heavy atom. The molecule has 0 unspecified atom stereocenters. The molecule has 1 aliphatic heterocycles. The number of nitrogens with zero attached hydrogens (tertiary/aromatic N) is 1. The van der Waals surface area contributed by atoms with Crippen molar-refractivity contribution >= 4 is 17.5 Å². The summed E-state index contributed by atoms with van der Waals surface area (Å²) in [4.78, 5) is 25.4. The zero-order valence-electron chi connectivity index (χ0n) is 16.6. The lowest BCUT2D eigenvalue weighted by atomic mass is 10.1. The van der Waals surface area contributed by atoms with Crippen molar-refractivity contribution < 1.29 is 19.1 Å². The molecule has 1 heterocycles. The summed E-state index contributed by atoms with van der Waals surface area (Å²) in [6.45, 7) is 1.45. The van der Waals surface area contributed by atoms with Crippen LogP contribution in [-0.4, -0.2) is 38.6 Å². The van der Waals surface area contributed by atoms with Gasteiger partial charge in [-0.25, -0.2) is 0 Å². The lowest BCUT2D eigenvalue weighted by Crippen LogP contribution is -2.37. The van der Waals surface area contributed by atoms with Crippen molar-refractivity contribution in [2.75, 3.05) is 31.7 Å². The number of aryl methyl sites for hydroxylation is 1. The zero-order chi connectivity index (χ0) is 20.6. The molecule has 0 bridgehead atoms. The molecular formula is C22H27N3O4. The normalized spacial score (nSPS) is 13.2. The van der Waals surface area contributed by atoms with Crippen molar-refractivity contribution in [2.24, 2.45) is 5.73 Å². The van der Waals surface area contributed by atoms with Gasteiger partial charge in [-0.3, -0.25) is 9.59 Å². The molecule has 2 aromatic rings. The number of carbonyl (C=O) groups is 2. The Kier molecular flexibility index (Phi) is 6.94. The topological polar surface area (TPSA) is 93.9 Å². The van der Waals surface area contributed by atoms with E-state index in [0.717, 1.165) is 42.8 Å². The number of rotatable bonds is 8. The number of carbonyl (C=O) groups excluding carboxylic acids is 2. The van der Waals surface area contributed by atoms with Gasteiger partial charge in [-0.15, -0.1) is 0 Å². The van der Waals surface area contributed by atoms with Crippen molar-refractivity contribution in [3.05, 3.63) is 53.6 Å². The number of methoxy groups -OCH3 is 1. The van der Waals surface area contributed by atoms with Gasteiger partial charge >= 0.3 is 0 Å². The van der Waals surface area contributed by atoms with Gasteiger partial charge in [-0.1, -0.05) is 12.1 Å². The van der Waals surface area contributed by atoms with E-state index in [1.54, 1.807) is 19.2 Å². The number of primary amides is 1. The van der Waals surface area contributed by atoms with Gasteiger partial charge in [-0.05, 0) is 60.7 Å². The molecule has 0 radical (unpaired) electrons. The van der Waals surface area contributed by atoms with Crippen LogP contribution >= 0.6 is 0 Å². The first-order valence-electron chi connectivity index (χ1n) is 9.74. The van der Waals surface area contributed by atoms with Crippen LogP contribution in [0.2, 0.25) is 0 Å². The summed E-state index contributed by atoms with van der Waals surface area (Å²) in [5.74, 6) is 0.867. The quantitative estimate of drug-likeness (QED) is 0.711. The molecule has 0 fully saturated rings. The van der Waals surface area contributed by atoms with E-state index in [9.17, 15) is 9.59 Å². The third-order valence-corrected chi connectivity index (χ3v) is 4.88. The SMILES string of the molecule is COc1ccc2c(c1)CCCCN2CC(=O)NCc1ccc(OCC(N)=O)cc1. The number of fused-ring (bicyclic) bond motifs is 1. The highest BCUT2D eigenvalue weighted by atomic mass is 16.5. The third kappa shape index (κ3) is 5.88. The highest BCUT2D eigenvalue weighted by molar-refractivity contribution is 5.82. The maximum absolute atomic E-state index is 12.5. The molecule has 29 heavy (non-hydrogen) atoms. The van der Waals surface area contributed by atoms with E-state index in [1.165, 1.54) is 5.56 Å². The molecular weight excluding hydrogens is 370 g/mol. The van der Waals surface area contributed by atoms with Crippen molar-refractivity contribution in [3.63, 3.8) is 0 Å². The van der Waals surface area contributed by atoms with E-state index < -0.39 is 5.91 Å². The van der Waals surface area contributed by atoms with E-state index in [1.807, 2.05) is 24.3 Å². The first kappa shape index (κ1) is 20.5. The van der Waals surface area contributed by atoms with Crippen LogP contribution in [0.1, 0.15) is 24.0 Å². The van der Waals surface area contributed by atoms with E-state index in [4.69, 9.17) is 15.2 Å². The van der Waals surface area contributed by atoms with Crippen LogP contribution in [0.3, 0.4) is 0 Å². The minimum absolute atomic E-state index is 0.0253. The first-order valence-corrected chi connectivity index (χ1v) is 9.74. The molecule has 0 aliphatic carbocycles. The maximum Gasteiger partial charge on any atom is 0.255 e. The van der Waals surface area contributed by atoms with Crippen molar-refractivity contribution in [1.82, 2.24) is 5.32 Å². The molecule has 0 spiro atoms. The molecule has 2 aromatic carbocycles. The second-order valence-corrected chi connectivity index (χ2v) is 7.05. The number of hydrogen-bond donors (Lipinski definition) is 2. The summed E-state index contributed by atoms with van der Waals surface area (Å²) in [5, 5.41) is 2.97. The lowest BCUT2D eigenvalue weighted by molar-refractivity contribution is -0.120. The monoisotopic (exact) mass is 397 g/mol. The third-order valence-electron chi connectivity index (χ3n) is 4.88. The number of nitrogens with two attached hydrogens (primary N) is 1. The summed E-state index contributed by atoms with van der Waals surface area (Å²) in [5.41, 5.74) is 8.34. The Hall–Kier alpha value is -3.22. The number of nitrogens with one attached hydrogen (secondary N) is 1. The average Bonchev–Trinajstić information content (AvgIpc) is 2.93. The molecule has 7 heteroatoms. The summed E-state index contributed by atoms with van der Waals surface area (Å²) in [7, 11) is 1.67. The second-order valence-electron chi connectivity index (χ2n) is 7.05. The fraction of sp³-hybridized carbons (Fsp3) is 0.364. The van der Waals surface area contributed by atoms with Crippen LogP contribution in [0.5, 0.6) is 11.5 Å². The summed E-state index contributed by atoms with van der Waals surface area (Å²) in [6.07, 6.45) is 3.15. The Morgan fingerprint density at radius 2 is 1.86 bits per heavy atom. The van der Waals surface area contributed by atoms with Gasteiger partial charge in [0, 0.05) is 18.8 Å². The molecule has 0 saturated carbocycles. The fourth-order valence-corrected chi connectivity index (χ4v) is 3.39. The molecule has 2 amide bonds. The van der Waals surface area contributed by atoms with Crippen LogP contribution in [0.4, 0.5) is 5.69 Å². The molecule has 3 N–H and O–H groups in total. The smallest absolute Gasteiger partial charge is 0.255 e.